The average Bonchev–Trinajstić information content (AvgIpc) is 2.68. The number of rotatable bonds is 3. The van der Waals surface area contributed by atoms with Crippen molar-refractivity contribution in [3.05, 3.63) is 32.0 Å². The highest BCUT2D eigenvalue weighted by Gasteiger charge is 2.09. The Kier molecular flexibility index (Phi) is 3.50. The van der Waals surface area contributed by atoms with Gasteiger partial charge in [-0.3, -0.25) is 4.79 Å². The van der Waals surface area contributed by atoms with Gasteiger partial charge in [0.05, 0.1) is 14.6 Å². The van der Waals surface area contributed by atoms with E-state index in [1.54, 1.807) is 23.0 Å². The maximum Gasteiger partial charge on any atom is 0.259 e. The van der Waals surface area contributed by atoms with E-state index in [0.29, 0.717) is 0 Å². The zero-order valence-corrected chi connectivity index (χ0v) is 11.8. The van der Waals surface area contributed by atoms with Crippen molar-refractivity contribution < 1.29 is 0 Å². The molecule has 0 aliphatic rings. The lowest BCUT2D eigenvalue weighted by molar-refractivity contribution is 0.804. The summed E-state index contributed by atoms with van der Waals surface area (Å²) in [5.74, 6) is 0. The molecule has 16 heavy (non-hydrogen) atoms. The lowest BCUT2D eigenvalue weighted by Crippen LogP contribution is -2.14. The average molecular weight is 300 g/mol. The van der Waals surface area contributed by atoms with Crippen LogP contribution in [0.4, 0.5) is 0 Å². The predicted octanol–water partition coefficient (Wildman–Crippen LogP) is 3.71. The molecule has 2 aromatic heterocycles. The molecule has 2 heterocycles. The highest BCUT2D eigenvalue weighted by molar-refractivity contribution is 9.10. The molecule has 0 spiro atoms. The fourth-order valence-electron chi connectivity index (χ4n) is 1.73. The van der Waals surface area contributed by atoms with Gasteiger partial charge in [-0.1, -0.05) is 13.3 Å². The van der Waals surface area contributed by atoms with Gasteiger partial charge in [0.2, 0.25) is 0 Å². The first kappa shape index (κ1) is 11.9. The van der Waals surface area contributed by atoms with E-state index in [4.69, 9.17) is 0 Å². The van der Waals surface area contributed by atoms with Gasteiger partial charge >= 0.3 is 0 Å². The van der Waals surface area contributed by atoms with Crippen LogP contribution >= 0.6 is 27.3 Å². The normalized spacial score (nSPS) is 11.2. The number of halogens is 1. The van der Waals surface area contributed by atoms with Gasteiger partial charge in [-0.2, -0.15) is 0 Å². The standard InChI is InChI=1S/C12H14BrNOS/c1-3-4-5-8-6-9-11(16-8)10(13)7-14(2)12(9)15/h6-7H,3-5H2,1-2H3. The summed E-state index contributed by atoms with van der Waals surface area (Å²) >= 11 is 5.24. The summed E-state index contributed by atoms with van der Waals surface area (Å²) in [6.45, 7) is 2.18. The van der Waals surface area contributed by atoms with Gasteiger partial charge in [-0.25, -0.2) is 0 Å². The monoisotopic (exact) mass is 299 g/mol. The number of pyridine rings is 1. The lowest BCUT2D eigenvalue weighted by Gasteiger charge is -1.98. The van der Waals surface area contributed by atoms with Crippen molar-refractivity contribution >= 4 is 37.4 Å². The van der Waals surface area contributed by atoms with Crippen LogP contribution in [0.3, 0.4) is 0 Å². The Balaban J connectivity index is 2.56. The van der Waals surface area contributed by atoms with Gasteiger partial charge in [-0.05, 0) is 34.8 Å². The van der Waals surface area contributed by atoms with Crippen molar-refractivity contribution in [3.63, 3.8) is 0 Å². The Morgan fingerprint density at radius 2 is 2.25 bits per heavy atom. The molecule has 0 atom stereocenters. The molecule has 0 amide bonds. The second-order valence-corrected chi connectivity index (χ2v) is 5.94. The molecule has 0 bridgehead atoms. The molecule has 0 N–H and O–H groups in total. The third-order valence-electron chi connectivity index (χ3n) is 2.63. The van der Waals surface area contributed by atoms with Crippen LogP contribution in [-0.2, 0) is 13.5 Å². The molecule has 2 aromatic rings. The molecule has 0 aliphatic heterocycles. The van der Waals surface area contributed by atoms with Crippen molar-refractivity contribution in [1.82, 2.24) is 4.57 Å². The largest absolute Gasteiger partial charge is 0.317 e. The van der Waals surface area contributed by atoms with Gasteiger partial charge in [0.15, 0.2) is 0 Å². The van der Waals surface area contributed by atoms with Crippen LogP contribution < -0.4 is 5.56 Å². The number of hydrogen-bond acceptors (Lipinski definition) is 2. The van der Waals surface area contributed by atoms with Crippen molar-refractivity contribution in [2.24, 2.45) is 7.05 Å². The number of unbranched alkanes of at least 4 members (excludes halogenated alkanes) is 1. The Morgan fingerprint density at radius 3 is 2.94 bits per heavy atom. The SMILES string of the molecule is CCCCc1cc2c(=O)n(C)cc(Br)c2s1. The second kappa shape index (κ2) is 4.72. The quantitative estimate of drug-likeness (QED) is 0.847. The van der Waals surface area contributed by atoms with Crippen LogP contribution in [0.2, 0.25) is 0 Å². The number of aromatic nitrogens is 1. The van der Waals surface area contributed by atoms with Crippen LogP contribution in [0.15, 0.2) is 21.5 Å². The van der Waals surface area contributed by atoms with E-state index < -0.39 is 0 Å². The number of hydrogen-bond donors (Lipinski definition) is 0. The Bertz CT molecular complexity index is 570. The van der Waals surface area contributed by atoms with Gasteiger partial charge < -0.3 is 4.57 Å². The predicted molar refractivity (Wildman–Crippen MR) is 73.4 cm³/mol. The summed E-state index contributed by atoms with van der Waals surface area (Å²) in [7, 11) is 1.79. The number of nitrogens with zero attached hydrogens (tertiary/aromatic N) is 1. The summed E-state index contributed by atoms with van der Waals surface area (Å²) in [5.41, 5.74) is 0.0946. The van der Waals surface area contributed by atoms with E-state index in [1.807, 2.05) is 12.3 Å². The van der Waals surface area contributed by atoms with Gasteiger partial charge in [0.1, 0.15) is 0 Å². The molecule has 0 aliphatic carbocycles. The van der Waals surface area contributed by atoms with Crippen LogP contribution in [0.1, 0.15) is 24.6 Å². The van der Waals surface area contributed by atoms with Gasteiger partial charge in [-0.15, -0.1) is 11.3 Å². The van der Waals surface area contributed by atoms with Crippen molar-refractivity contribution in [1.29, 1.82) is 0 Å². The molecule has 0 radical (unpaired) electrons. The minimum atomic E-state index is 0.0946. The second-order valence-electron chi connectivity index (χ2n) is 3.95. The van der Waals surface area contributed by atoms with Crippen molar-refractivity contribution in [2.75, 3.05) is 0 Å². The van der Waals surface area contributed by atoms with Crippen LogP contribution in [0, 0.1) is 0 Å². The number of aryl methyl sites for hydroxylation is 2. The molecule has 0 unspecified atom stereocenters. The van der Waals surface area contributed by atoms with E-state index in [2.05, 4.69) is 22.9 Å². The number of thiophene rings is 1. The topological polar surface area (TPSA) is 22.0 Å². The maximum atomic E-state index is 11.9. The minimum Gasteiger partial charge on any atom is -0.317 e. The zero-order valence-electron chi connectivity index (χ0n) is 9.42. The fraction of sp³-hybridized carbons (Fsp3) is 0.417. The summed E-state index contributed by atoms with van der Waals surface area (Å²) in [5, 5.41) is 0.841. The Hall–Kier alpha value is -0.610. The third-order valence-corrected chi connectivity index (χ3v) is 4.73. The molecule has 2 rings (SSSR count). The van der Waals surface area contributed by atoms with E-state index in [9.17, 15) is 4.79 Å². The minimum absolute atomic E-state index is 0.0946. The molecule has 4 heteroatoms. The van der Waals surface area contributed by atoms with Crippen molar-refractivity contribution in [2.45, 2.75) is 26.2 Å². The summed E-state index contributed by atoms with van der Waals surface area (Å²) in [4.78, 5) is 13.2. The molecule has 0 fully saturated rings. The zero-order chi connectivity index (χ0) is 11.7. The molecule has 0 aromatic carbocycles. The van der Waals surface area contributed by atoms with E-state index in [0.717, 1.165) is 21.0 Å². The summed E-state index contributed by atoms with van der Waals surface area (Å²) < 4.78 is 3.72. The summed E-state index contributed by atoms with van der Waals surface area (Å²) in [6.07, 6.45) is 5.29. The molecule has 2 nitrogen and oxygen atoms in total. The van der Waals surface area contributed by atoms with Crippen LogP contribution in [0.5, 0.6) is 0 Å². The van der Waals surface area contributed by atoms with E-state index in [1.165, 1.54) is 17.7 Å². The number of fused-ring (bicyclic) bond motifs is 1. The maximum absolute atomic E-state index is 11.9. The Labute approximate surface area is 107 Å². The fourth-order valence-corrected chi connectivity index (χ4v) is 3.59. The first-order chi connectivity index (χ1) is 7.63. The third kappa shape index (κ3) is 2.09. The summed E-state index contributed by atoms with van der Waals surface area (Å²) in [6, 6.07) is 2.04. The van der Waals surface area contributed by atoms with Gasteiger partial charge in [0, 0.05) is 18.1 Å². The Morgan fingerprint density at radius 1 is 1.50 bits per heavy atom. The molecule has 0 saturated heterocycles. The van der Waals surface area contributed by atoms with Crippen LogP contribution in [0.25, 0.3) is 10.1 Å². The van der Waals surface area contributed by atoms with Crippen molar-refractivity contribution in [3.8, 4) is 0 Å². The molecular formula is C12H14BrNOS. The first-order valence-electron chi connectivity index (χ1n) is 5.41. The van der Waals surface area contributed by atoms with E-state index in [-0.39, 0.29) is 5.56 Å². The molecule has 0 saturated carbocycles. The molecular weight excluding hydrogens is 286 g/mol. The lowest BCUT2D eigenvalue weighted by atomic mass is 10.2. The van der Waals surface area contributed by atoms with Crippen LogP contribution in [-0.4, -0.2) is 4.57 Å². The van der Waals surface area contributed by atoms with Gasteiger partial charge in [0.25, 0.3) is 5.56 Å². The smallest absolute Gasteiger partial charge is 0.259 e. The first-order valence-corrected chi connectivity index (χ1v) is 7.02. The molecule has 86 valence electrons. The highest BCUT2D eigenvalue weighted by atomic mass is 79.9. The van der Waals surface area contributed by atoms with E-state index >= 15 is 0 Å². The highest BCUT2D eigenvalue weighted by Crippen LogP contribution is 2.30.